The normalized spacial score (nSPS) is 18.1. The average Bonchev–Trinajstić information content (AvgIpc) is 2.86. The number of aromatic nitrogens is 1. The first-order valence-electron chi connectivity index (χ1n) is 5.12. The van der Waals surface area contributed by atoms with Gasteiger partial charge in [0.2, 0.25) is 0 Å². The van der Waals surface area contributed by atoms with Crippen LogP contribution in [0.15, 0.2) is 6.20 Å². The van der Waals surface area contributed by atoms with Gasteiger partial charge in [0, 0.05) is 24.2 Å². The third-order valence-corrected chi connectivity index (χ3v) is 3.93. The maximum Gasteiger partial charge on any atom is 0.311 e. The number of aliphatic carboxylic acids is 1. The molecule has 0 radical (unpaired) electrons. The summed E-state index contributed by atoms with van der Waals surface area (Å²) >= 11 is 1.50. The van der Waals surface area contributed by atoms with Gasteiger partial charge in [-0.15, -0.1) is 11.3 Å². The Balaban J connectivity index is 2.12. The number of nitrogens with zero attached hydrogens (tertiary/aromatic N) is 2. The number of anilines is 1. The molecule has 2 heterocycles. The lowest BCUT2D eigenvalue weighted by molar-refractivity contribution is -0.138. The van der Waals surface area contributed by atoms with Crippen molar-refractivity contribution >= 4 is 22.4 Å². The van der Waals surface area contributed by atoms with Crippen molar-refractivity contribution in [2.75, 3.05) is 18.0 Å². The molecule has 1 aliphatic rings. The highest BCUT2D eigenvalue weighted by molar-refractivity contribution is 7.15. The minimum atomic E-state index is -0.786. The molecule has 0 bridgehead atoms. The summed E-state index contributed by atoms with van der Waals surface area (Å²) in [6.07, 6.45) is 4.11. The molecule has 1 aliphatic heterocycles. The fraction of sp³-hybridized carbons (Fsp3) is 0.600. The van der Waals surface area contributed by atoms with Gasteiger partial charge in [0.15, 0.2) is 5.13 Å². The molecule has 2 rings (SSSR count). The molecule has 5 heteroatoms. The zero-order valence-electron chi connectivity index (χ0n) is 8.64. The Morgan fingerprint density at radius 3 is 2.87 bits per heavy atom. The first-order chi connectivity index (χ1) is 7.18. The molecular weight excluding hydrogens is 212 g/mol. The number of rotatable bonds is 3. The Morgan fingerprint density at radius 1 is 1.60 bits per heavy atom. The molecule has 1 atom stereocenters. The summed E-state index contributed by atoms with van der Waals surface area (Å²) < 4.78 is 0. The van der Waals surface area contributed by atoms with Crippen molar-refractivity contribution in [3.63, 3.8) is 0 Å². The first kappa shape index (κ1) is 10.4. The van der Waals surface area contributed by atoms with Crippen LogP contribution in [0.25, 0.3) is 0 Å². The third-order valence-electron chi connectivity index (χ3n) is 2.69. The Labute approximate surface area is 92.6 Å². The van der Waals surface area contributed by atoms with Crippen LogP contribution in [0.5, 0.6) is 0 Å². The standard InChI is InChI=1S/C10H14N2O2S/c1-7(9(13)14)8-6-11-10(15-8)12-4-2-3-5-12/h6-7H,2-5H2,1H3,(H,13,14). The van der Waals surface area contributed by atoms with Crippen molar-refractivity contribution in [1.82, 2.24) is 4.98 Å². The molecule has 82 valence electrons. The Hall–Kier alpha value is -1.10. The number of carboxylic acid groups (broad SMARTS) is 1. The SMILES string of the molecule is CC(C(=O)O)c1cnc(N2CCCC2)s1. The Bertz CT molecular complexity index is 358. The summed E-state index contributed by atoms with van der Waals surface area (Å²) in [6, 6.07) is 0. The quantitative estimate of drug-likeness (QED) is 0.855. The fourth-order valence-electron chi connectivity index (χ4n) is 1.65. The summed E-state index contributed by atoms with van der Waals surface area (Å²) in [5, 5.41) is 9.84. The minimum Gasteiger partial charge on any atom is -0.481 e. The van der Waals surface area contributed by atoms with Gasteiger partial charge < -0.3 is 10.0 Å². The smallest absolute Gasteiger partial charge is 0.311 e. The molecule has 0 aliphatic carbocycles. The second-order valence-corrected chi connectivity index (χ2v) is 4.84. The van der Waals surface area contributed by atoms with Crippen LogP contribution in [0, 0.1) is 0 Å². The van der Waals surface area contributed by atoms with E-state index in [1.54, 1.807) is 13.1 Å². The number of thiazole rings is 1. The lowest BCUT2D eigenvalue weighted by atomic mass is 10.2. The van der Waals surface area contributed by atoms with E-state index in [1.807, 2.05) is 0 Å². The summed E-state index contributed by atoms with van der Waals surface area (Å²) in [7, 11) is 0. The fourth-order valence-corrected chi connectivity index (χ4v) is 2.66. The molecule has 15 heavy (non-hydrogen) atoms. The highest BCUT2D eigenvalue weighted by Gasteiger charge is 2.20. The van der Waals surface area contributed by atoms with Crippen molar-refractivity contribution in [3.8, 4) is 0 Å². The average molecular weight is 226 g/mol. The molecule has 1 fully saturated rings. The van der Waals surface area contributed by atoms with E-state index < -0.39 is 11.9 Å². The van der Waals surface area contributed by atoms with Crippen LogP contribution < -0.4 is 4.90 Å². The number of hydrogen-bond acceptors (Lipinski definition) is 4. The topological polar surface area (TPSA) is 53.4 Å². The monoisotopic (exact) mass is 226 g/mol. The summed E-state index contributed by atoms with van der Waals surface area (Å²) in [5.41, 5.74) is 0. The van der Waals surface area contributed by atoms with Crippen molar-refractivity contribution in [1.29, 1.82) is 0 Å². The van der Waals surface area contributed by atoms with Gasteiger partial charge in [0.1, 0.15) is 0 Å². The van der Waals surface area contributed by atoms with Gasteiger partial charge in [-0.2, -0.15) is 0 Å². The Morgan fingerprint density at radius 2 is 2.27 bits per heavy atom. The summed E-state index contributed by atoms with van der Waals surface area (Å²) in [5.74, 6) is -1.23. The van der Waals surface area contributed by atoms with Gasteiger partial charge in [0.25, 0.3) is 0 Å². The highest BCUT2D eigenvalue weighted by Crippen LogP contribution is 2.30. The van der Waals surface area contributed by atoms with E-state index in [2.05, 4.69) is 9.88 Å². The van der Waals surface area contributed by atoms with E-state index in [4.69, 9.17) is 5.11 Å². The highest BCUT2D eigenvalue weighted by atomic mass is 32.1. The van der Waals surface area contributed by atoms with E-state index in [-0.39, 0.29) is 0 Å². The van der Waals surface area contributed by atoms with Crippen LogP contribution in [-0.2, 0) is 4.79 Å². The van der Waals surface area contributed by atoms with Gasteiger partial charge in [-0.1, -0.05) is 0 Å². The van der Waals surface area contributed by atoms with Crippen LogP contribution in [-0.4, -0.2) is 29.1 Å². The minimum absolute atomic E-state index is 0.446. The first-order valence-corrected chi connectivity index (χ1v) is 5.93. The second-order valence-electron chi connectivity index (χ2n) is 3.80. The van der Waals surface area contributed by atoms with E-state index >= 15 is 0 Å². The molecule has 1 aromatic heterocycles. The molecule has 1 aromatic rings. The maximum absolute atomic E-state index is 10.8. The van der Waals surface area contributed by atoms with Crippen LogP contribution in [0.4, 0.5) is 5.13 Å². The van der Waals surface area contributed by atoms with Crippen molar-refractivity contribution in [2.45, 2.75) is 25.7 Å². The number of carbonyl (C=O) groups is 1. The van der Waals surface area contributed by atoms with Crippen LogP contribution in [0.3, 0.4) is 0 Å². The van der Waals surface area contributed by atoms with Crippen LogP contribution >= 0.6 is 11.3 Å². The molecule has 1 unspecified atom stereocenters. The van der Waals surface area contributed by atoms with E-state index in [9.17, 15) is 4.79 Å². The van der Waals surface area contributed by atoms with Gasteiger partial charge in [-0.05, 0) is 19.8 Å². The van der Waals surface area contributed by atoms with Crippen molar-refractivity contribution in [2.24, 2.45) is 0 Å². The molecule has 1 N–H and O–H groups in total. The van der Waals surface area contributed by atoms with E-state index in [0.717, 1.165) is 23.1 Å². The zero-order chi connectivity index (χ0) is 10.8. The molecule has 1 saturated heterocycles. The molecule has 0 aromatic carbocycles. The molecule has 0 spiro atoms. The van der Waals surface area contributed by atoms with E-state index in [0.29, 0.717) is 0 Å². The lowest BCUT2D eigenvalue weighted by Gasteiger charge is -2.12. The van der Waals surface area contributed by atoms with Crippen molar-refractivity contribution in [3.05, 3.63) is 11.1 Å². The largest absolute Gasteiger partial charge is 0.481 e. The molecule has 0 amide bonds. The third kappa shape index (κ3) is 2.12. The van der Waals surface area contributed by atoms with Crippen LogP contribution in [0.2, 0.25) is 0 Å². The lowest BCUT2D eigenvalue weighted by Crippen LogP contribution is -2.16. The predicted octanol–water partition coefficient (Wildman–Crippen LogP) is 1.93. The molecule has 4 nitrogen and oxygen atoms in total. The molecular formula is C10H14N2O2S. The van der Waals surface area contributed by atoms with Crippen LogP contribution in [0.1, 0.15) is 30.6 Å². The summed E-state index contributed by atoms with van der Waals surface area (Å²) in [4.78, 5) is 18.1. The van der Waals surface area contributed by atoms with Gasteiger partial charge in [-0.25, -0.2) is 4.98 Å². The Kier molecular flexibility index (Phi) is 2.90. The van der Waals surface area contributed by atoms with Gasteiger partial charge in [-0.3, -0.25) is 4.79 Å². The van der Waals surface area contributed by atoms with Gasteiger partial charge in [0.05, 0.1) is 5.92 Å². The predicted molar refractivity (Wildman–Crippen MR) is 59.6 cm³/mol. The van der Waals surface area contributed by atoms with Gasteiger partial charge >= 0.3 is 5.97 Å². The van der Waals surface area contributed by atoms with Crippen molar-refractivity contribution < 1.29 is 9.90 Å². The zero-order valence-corrected chi connectivity index (χ0v) is 9.46. The number of carboxylic acids is 1. The molecule has 0 saturated carbocycles. The maximum atomic E-state index is 10.8. The second kappa shape index (κ2) is 4.18. The summed E-state index contributed by atoms with van der Waals surface area (Å²) in [6.45, 7) is 3.80. The van der Waals surface area contributed by atoms with E-state index in [1.165, 1.54) is 24.2 Å². The number of hydrogen-bond donors (Lipinski definition) is 1.